The number of halogens is 3. The molecule has 3 nitrogen and oxygen atoms in total. The lowest BCUT2D eigenvalue weighted by Gasteiger charge is -2.28. The van der Waals surface area contributed by atoms with Gasteiger partial charge in [-0.15, -0.1) is 13.2 Å². The van der Waals surface area contributed by atoms with Gasteiger partial charge in [-0.2, -0.15) is 0 Å². The van der Waals surface area contributed by atoms with Crippen LogP contribution in [0.4, 0.5) is 13.2 Å². The molecule has 0 saturated carbocycles. The van der Waals surface area contributed by atoms with Crippen LogP contribution in [0.3, 0.4) is 0 Å². The molecule has 0 aromatic heterocycles. The van der Waals surface area contributed by atoms with Crippen molar-refractivity contribution in [2.24, 2.45) is 0 Å². The smallest absolute Gasteiger partial charge is 0.406 e. The quantitative estimate of drug-likeness (QED) is 0.927. The highest BCUT2D eigenvalue weighted by molar-refractivity contribution is 5.67. The number of hydrogen-bond acceptors (Lipinski definition) is 3. The van der Waals surface area contributed by atoms with E-state index in [0.29, 0.717) is 6.54 Å². The summed E-state index contributed by atoms with van der Waals surface area (Å²) < 4.78 is 40.0. The van der Waals surface area contributed by atoms with Gasteiger partial charge >= 0.3 is 6.36 Å². The van der Waals surface area contributed by atoms with Crippen molar-refractivity contribution in [3.8, 4) is 5.75 Å². The molecular formula is C14H16F3NO2. The molecule has 0 aliphatic carbocycles. The molecule has 110 valence electrons. The zero-order chi connectivity index (χ0) is 14.8. The topological polar surface area (TPSA) is 32.7 Å². The average Bonchev–Trinajstić information content (AvgIpc) is 2.38. The lowest BCUT2D eigenvalue weighted by atomic mass is 9.99. The molecule has 1 heterocycles. The zero-order valence-corrected chi connectivity index (χ0v) is 11.0. The monoisotopic (exact) mass is 287 g/mol. The van der Waals surface area contributed by atoms with Crippen LogP contribution in [0.5, 0.6) is 5.75 Å². The lowest BCUT2D eigenvalue weighted by molar-refractivity contribution is -0.274. The fourth-order valence-electron chi connectivity index (χ4n) is 2.16. The third-order valence-electron chi connectivity index (χ3n) is 3.23. The number of aliphatic hydroxyl groups is 1. The molecule has 1 aliphatic heterocycles. The second kappa shape index (κ2) is 5.85. The molecule has 1 atom stereocenters. The van der Waals surface area contributed by atoms with Gasteiger partial charge in [-0.3, -0.25) is 4.90 Å². The Kier molecular flexibility index (Phi) is 4.35. The van der Waals surface area contributed by atoms with Crippen molar-refractivity contribution >= 4 is 5.57 Å². The standard InChI is InChI=1S/C14H16F3NO2/c1-10(19)18-8-6-12(7-9-18)11-2-4-13(5-3-11)20-14(15,16)17/h2-6,10,19H,7-9H2,1H3. The molecule has 6 heteroatoms. The molecule has 1 unspecified atom stereocenters. The van der Waals surface area contributed by atoms with E-state index in [4.69, 9.17) is 0 Å². The summed E-state index contributed by atoms with van der Waals surface area (Å²) in [6, 6.07) is 5.85. The predicted octanol–water partition coefficient (Wildman–Crippen LogP) is 3.01. The molecule has 0 bridgehead atoms. The Morgan fingerprint density at radius 2 is 1.90 bits per heavy atom. The van der Waals surface area contributed by atoms with Gasteiger partial charge in [0.25, 0.3) is 0 Å². The lowest BCUT2D eigenvalue weighted by Crippen LogP contribution is -2.36. The number of ether oxygens (including phenoxy) is 1. The van der Waals surface area contributed by atoms with Crippen LogP contribution in [0.15, 0.2) is 30.3 Å². The Morgan fingerprint density at radius 1 is 1.25 bits per heavy atom. The van der Waals surface area contributed by atoms with Crippen LogP contribution in [0, 0.1) is 0 Å². The fourth-order valence-corrected chi connectivity index (χ4v) is 2.16. The Balaban J connectivity index is 2.04. The predicted molar refractivity (Wildman–Crippen MR) is 69.0 cm³/mol. The van der Waals surface area contributed by atoms with Gasteiger partial charge in [-0.1, -0.05) is 18.2 Å². The summed E-state index contributed by atoms with van der Waals surface area (Å²) in [5, 5.41) is 9.45. The minimum absolute atomic E-state index is 0.219. The van der Waals surface area contributed by atoms with Gasteiger partial charge in [0.2, 0.25) is 0 Å². The van der Waals surface area contributed by atoms with Crippen LogP contribution < -0.4 is 4.74 Å². The molecule has 0 saturated heterocycles. The SMILES string of the molecule is CC(O)N1CC=C(c2ccc(OC(F)(F)F)cc2)CC1. The van der Waals surface area contributed by atoms with E-state index in [9.17, 15) is 18.3 Å². The normalized spacial score (nSPS) is 18.6. The number of alkyl halides is 3. The maximum absolute atomic E-state index is 12.1. The molecule has 0 fully saturated rings. The summed E-state index contributed by atoms with van der Waals surface area (Å²) in [5.41, 5.74) is 1.95. The second-order valence-corrected chi connectivity index (χ2v) is 4.68. The van der Waals surface area contributed by atoms with Crippen LogP contribution >= 0.6 is 0 Å². The van der Waals surface area contributed by atoms with E-state index in [1.165, 1.54) is 12.1 Å². The van der Waals surface area contributed by atoms with E-state index >= 15 is 0 Å². The van der Waals surface area contributed by atoms with Gasteiger partial charge in [0, 0.05) is 13.1 Å². The molecule has 1 aliphatic rings. The van der Waals surface area contributed by atoms with Crippen molar-refractivity contribution in [2.75, 3.05) is 13.1 Å². The molecule has 0 amide bonds. The Bertz CT molecular complexity index is 480. The molecule has 2 rings (SSSR count). The molecule has 20 heavy (non-hydrogen) atoms. The largest absolute Gasteiger partial charge is 0.573 e. The van der Waals surface area contributed by atoms with E-state index < -0.39 is 12.6 Å². The van der Waals surface area contributed by atoms with E-state index in [0.717, 1.165) is 24.1 Å². The number of rotatable bonds is 3. The minimum atomic E-state index is -4.66. The summed E-state index contributed by atoms with van der Waals surface area (Å²) in [7, 11) is 0. The van der Waals surface area contributed by atoms with Gasteiger partial charge in [0.05, 0.1) is 0 Å². The third-order valence-corrected chi connectivity index (χ3v) is 3.23. The third kappa shape index (κ3) is 3.98. The van der Waals surface area contributed by atoms with Gasteiger partial charge < -0.3 is 9.84 Å². The number of hydrogen-bond donors (Lipinski definition) is 1. The van der Waals surface area contributed by atoms with E-state index in [-0.39, 0.29) is 5.75 Å². The second-order valence-electron chi connectivity index (χ2n) is 4.68. The van der Waals surface area contributed by atoms with Crippen molar-refractivity contribution in [3.63, 3.8) is 0 Å². The maximum Gasteiger partial charge on any atom is 0.573 e. The van der Waals surface area contributed by atoms with Crippen molar-refractivity contribution in [1.29, 1.82) is 0 Å². The number of benzene rings is 1. The van der Waals surface area contributed by atoms with Gasteiger partial charge in [-0.25, -0.2) is 0 Å². The molecule has 1 aromatic carbocycles. The molecule has 1 aromatic rings. The molecule has 0 radical (unpaired) electrons. The van der Waals surface area contributed by atoms with E-state index in [1.54, 1.807) is 19.1 Å². The number of aliphatic hydroxyl groups excluding tert-OH is 1. The van der Waals surface area contributed by atoms with Crippen molar-refractivity contribution in [3.05, 3.63) is 35.9 Å². The highest BCUT2D eigenvalue weighted by atomic mass is 19.4. The Hall–Kier alpha value is -1.53. The number of nitrogens with zero attached hydrogens (tertiary/aromatic N) is 1. The molecular weight excluding hydrogens is 271 g/mol. The van der Waals surface area contributed by atoms with Crippen LogP contribution in [-0.2, 0) is 0 Å². The highest BCUT2D eigenvalue weighted by Crippen LogP contribution is 2.27. The molecule has 0 spiro atoms. The average molecular weight is 287 g/mol. The first-order valence-corrected chi connectivity index (χ1v) is 6.32. The first-order valence-electron chi connectivity index (χ1n) is 6.32. The van der Waals surface area contributed by atoms with E-state index in [1.807, 2.05) is 11.0 Å². The van der Waals surface area contributed by atoms with Gasteiger partial charge in [0.15, 0.2) is 0 Å². The Labute approximate surface area is 115 Å². The highest BCUT2D eigenvalue weighted by Gasteiger charge is 2.31. The maximum atomic E-state index is 12.1. The first kappa shape index (κ1) is 14.9. The van der Waals surface area contributed by atoms with Crippen LogP contribution in [0.2, 0.25) is 0 Å². The minimum Gasteiger partial charge on any atom is -0.406 e. The van der Waals surface area contributed by atoms with E-state index in [2.05, 4.69) is 4.74 Å². The summed E-state index contributed by atoms with van der Waals surface area (Å²) in [6.45, 7) is 3.07. The van der Waals surface area contributed by atoms with Crippen molar-refractivity contribution in [1.82, 2.24) is 4.90 Å². The van der Waals surface area contributed by atoms with Gasteiger partial charge in [-0.05, 0) is 36.6 Å². The summed E-state index contributed by atoms with van der Waals surface area (Å²) in [4.78, 5) is 1.91. The first-order chi connectivity index (χ1) is 9.35. The van der Waals surface area contributed by atoms with Crippen LogP contribution in [0.1, 0.15) is 18.9 Å². The summed E-state index contributed by atoms with van der Waals surface area (Å²) in [5.74, 6) is -0.219. The summed E-state index contributed by atoms with van der Waals surface area (Å²) >= 11 is 0. The van der Waals surface area contributed by atoms with Crippen LogP contribution in [0.25, 0.3) is 5.57 Å². The van der Waals surface area contributed by atoms with Crippen LogP contribution in [-0.4, -0.2) is 35.7 Å². The summed E-state index contributed by atoms with van der Waals surface area (Å²) in [6.07, 6.45) is -2.42. The fraction of sp³-hybridized carbons (Fsp3) is 0.429. The van der Waals surface area contributed by atoms with Gasteiger partial charge in [0.1, 0.15) is 12.0 Å². The van der Waals surface area contributed by atoms with Crippen molar-refractivity contribution in [2.45, 2.75) is 25.9 Å². The van der Waals surface area contributed by atoms with Crippen molar-refractivity contribution < 1.29 is 23.0 Å². The molecule has 1 N–H and O–H groups in total. The Morgan fingerprint density at radius 3 is 2.35 bits per heavy atom. The zero-order valence-electron chi connectivity index (χ0n) is 11.0.